The molecule has 11 aromatic rings. The zero-order valence-corrected chi connectivity index (χ0v) is 33.9. The van der Waals surface area contributed by atoms with Crippen LogP contribution in [-0.2, 0) is 0 Å². The van der Waals surface area contributed by atoms with Gasteiger partial charge in [-0.1, -0.05) is 164 Å². The predicted octanol–water partition coefficient (Wildman–Crippen LogP) is 15.0. The van der Waals surface area contributed by atoms with Crippen molar-refractivity contribution in [2.75, 3.05) is 0 Å². The maximum atomic E-state index is 8.86. The summed E-state index contributed by atoms with van der Waals surface area (Å²) in [6.45, 7) is 0. The summed E-state index contributed by atoms with van der Waals surface area (Å²) in [6.07, 6.45) is 5.32. The molecule has 0 saturated carbocycles. The minimum atomic E-state index is 0.401. The van der Waals surface area contributed by atoms with Crippen LogP contribution >= 0.6 is 0 Å². The van der Waals surface area contributed by atoms with Gasteiger partial charge in [0, 0.05) is 39.0 Å². The van der Waals surface area contributed by atoms with Crippen molar-refractivity contribution in [3.63, 3.8) is 0 Å². The number of fused-ring (bicyclic) bond motifs is 6. The molecule has 0 unspecified atom stereocenters. The highest BCUT2D eigenvalue weighted by Crippen LogP contribution is 2.37. The second kappa shape index (κ2) is 15.7. The molecule has 4 heteroatoms. The topological polar surface area (TPSA) is 46.1 Å². The number of allylic oxidation sites excluding steroid dienone is 1. The fourth-order valence-electron chi connectivity index (χ4n) is 8.84. The van der Waals surface area contributed by atoms with E-state index in [9.17, 15) is 0 Å². The van der Waals surface area contributed by atoms with Crippen LogP contribution in [-0.4, -0.2) is 21.2 Å². The highest BCUT2D eigenvalue weighted by Gasteiger charge is 2.15. The summed E-state index contributed by atoms with van der Waals surface area (Å²) < 4.78 is 4.51. The highest BCUT2D eigenvalue weighted by molar-refractivity contribution is 6.14. The van der Waals surface area contributed by atoms with Gasteiger partial charge in [0.2, 0.25) is 0 Å². The van der Waals surface area contributed by atoms with Crippen LogP contribution in [0.5, 0.6) is 0 Å². The molecule has 0 amide bonds. The quantitative estimate of drug-likeness (QED) is 0.112. The summed E-state index contributed by atoms with van der Waals surface area (Å²) >= 11 is 0. The van der Waals surface area contributed by atoms with Crippen LogP contribution in [0.3, 0.4) is 0 Å². The fourth-order valence-corrected chi connectivity index (χ4v) is 8.84. The van der Waals surface area contributed by atoms with Crippen LogP contribution in [0.4, 0.5) is 0 Å². The van der Waals surface area contributed by atoms with Crippen LogP contribution < -0.4 is 0 Å². The first-order valence-electron chi connectivity index (χ1n) is 20.9. The molecule has 0 aliphatic heterocycles. The monoisotopic (exact) mass is 792 g/mol. The van der Waals surface area contributed by atoms with Crippen LogP contribution in [0, 0.1) is 5.41 Å². The third-order valence-corrected chi connectivity index (χ3v) is 12.0. The van der Waals surface area contributed by atoms with Gasteiger partial charge in [-0.25, -0.2) is 4.99 Å². The van der Waals surface area contributed by atoms with Crippen LogP contribution in [0.15, 0.2) is 236 Å². The van der Waals surface area contributed by atoms with E-state index in [1.807, 2.05) is 24.5 Å². The molecule has 0 aliphatic rings. The standard InChI is InChI=1S/C58H40N4/c59-54(48-17-11-16-45(36-48)44-24-22-42(23-25-44)40-12-3-1-4-13-40)34-35-60-39-61-55-20-9-7-18-50(55)52-37-46(28-32-56(52)61)47-29-33-58-53(38-47)51-19-8-10-21-57(51)62(58)49-30-26-43(27-31-49)41-14-5-2-6-15-41/h1-39,59H/b35-34-,59-54?,60-39+. The maximum Gasteiger partial charge on any atom is 0.0995 e. The highest BCUT2D eigenvalue weighted by atomic mass is 15.0. The van der Waals surface area contributed by atoms with Crippen LogP contribution in [0.2, 0.25) is 0 Å². The molecule has 2 heterocycles. The van der Waals surface area contributed by atoms with Gasteiger partial charge in [0.15, 0.2) is 0 Å². The van der Waals surface area contributed by atoms with Gasteiger partial charge in [-0.3, -0.25) is 4.57 Å². The van der Waals surface area contributed by atoms with E-state index in [1.54, 1.807) is 12.3 Å². The first-order chi connectivity index (χ1) is 30.7. The Morgan fingerprint density at radius 2 is 0.806 bits per heavy atom. The average Bonchev–Trinajstić information content (AvgIpc) is 3.85. The molecule has 292 valence electrons. The number of aliphatic imine (C=N–C) groups is 1. The Kier molecular flexibility index (Phi) is 9.29. The summed E-state index contributed by atoms with van der Waals surface area (Å²) in [5.41, 5.74) is 16.2. The lowest BCUT2D eigenvalue weighted by Gasteiger charge is -2.10. The van der Waals surface area contributed by atoms with Crippen molar-refractivity contribution in [2.24, 2.45) is 4.99 Å². The molecule has 0 radical (unpaired) electrons. The number of benzene rings is 9. The van der Waals surface area contributed by atoms with Crippen molar-refractivity contribution in [2.45, 2.75) is 0 Å². The summed E-state index contributed by atoms with van der Waals surface area (Å²) in [4.78, 5) is 4.70. The van der Waals surface area contributed by atoms with E-state index in [2.05, 4.69) is 209 Å². The van der Waals surface area contributed by atoms with Gasteiger partial charge in [0.05, 0.1) is 34.1 Å². The van der Waals surface area contributed by atoms with E-state index >= 15 is 0 Å². The van der Waals surface area contributed by atoms with Gasteiger partial charge in [-0.2, -0.15) is 0 Å². The third kappa shape index (κ3) is 6.70. The minimum absolute atomic E-state index is 0.401. The Hall–Kier alpha value is -8.34. The summed E-state index contributed by atoms with van der Waals surface area (Å²) in [6, 6.07) is 77.3. The Morgan fingerprint density at radius 3 is 1.47 bits per heavy atom. The fraction of sp³-hybridized carbons (Fsp3) is 0. The SMILES string of the molecule is N=C(/C=C\N=C\n1c2ccccc2c2cc(-c3ccc4c(c3)c3ccccc3n4-c3ccc(-c4ccccc4)cc3)ccc21)c1cccc(-c2ccc(-c3ccccc3)cc2)c1. The molecular weight excluding hydrogens is 753 g/mol. The first-order valence-corrected chi connectivity index (χ1v) is 20.9. The molecule has 0 atom stereocenters. The van der Waals surface area contributed by atoms with E-state index in [0.717, 1.165) is 49.7 Å². The lowest BCUT2D eigenvalue weighted by atomic mass is 9.98. The van der Waals surface area contributed by atoms with E-state index in [-0.39, 0.29) is 0 Å². The van der Waals surface area contributed by atoms with Crippen molar-refractivity contribution in [3.05, 3.63) is 236 Å². The Balaban J connectivity index is 0.874. The zero-order chi connectivity index (χ0) is 41.4. The summed E-state index contributed by atoms with van der Waals surface area (Å²) in [5.74, 6) is 0. The number of aromatic nitrogens is 2. The van der Waals surface area contributed by atoms with Crippen molar-refractivity contribution in [1.29, 1.82) is 5.41 Å². The number of hydrogen-bond donors (Lipinski definition) is 1. The number of hydrogen-bond acceptors (Lipinski definition) is 2. The van der Waals surface area contributed by atoms with Crippen molar-refractivity contribution in [3.8, 4) is 50.2 Å². The lowest BCUT2D eigenvalue weighted by molar-refractivity contribution is 1.18. The van der Waals surface area contributed by atoms with Gasteiger partial charge in [0.25, 0.3) is 0 Å². The summed E-state index contributed by atoms with van der Waals surface area (Å²) in [5, 5.41) is 13.6. The molecule has 0 bridgehead atoms. The molecule has 0 spiro atoms. The van der Waals surface area contributed by atoms with Crippen molar-refractivity contribution < 1.29 is 0 Å². The van der Waals surface area contributed by atoms with Gasteiger partial charge in [-0.15, -0.1) is 0 Å². The largest absolute Gasteiger partial charge is 0.309 e. The minimum Gasteiger partial charge on any atom is -0.309 e. The number of nitrogens with zero attached hydrogens (tertiary/aromatic N) is 3. The van der Waals surface area contributed by atoms with Crippen LogP contribution in [0.25, 0.3) is 93.8 Å². The lowest BCUT2D eigenvalue weighted by Crippen LogP contribution is -1.96. The molecule has 9 aromatic carbocycles. The normalized spacial score (nSPS) is 11.8. The van der Waals surface area contributed by atoms with E-state index in [0.29, 0.717) is 5.71 Å². The molecule has 62 heavy (non-hydrogen) atoms. The smallest absolute Gasteiger partial charge is 0.0995 e. The number of nitrogens with one attached hydrogen (secondary N) is 1. The first kappa shape index (κ1) is 36.7. The maximum absolute atomic E-state index is 8.86. The number of para-hydroxylation sites is 2. The number of rotatable bonds is 9. The molecule has 2 aromatic heterocycles. The van der Waals surface area contributed by atoms with Gasteiger partial charge >= 0.3 is 0 Å². The van der Waals surface area contributed by atoms with Crippen molar-refractivity contribution >= 4 is 55.7 Å². The zero-order valence-electron chi connectivity index (χ0n) is 33.9. The van der Waals surface area contributed by atoms with Crippen molar-refractivity contribution in [1.82, 2.24) is 9.13 Å². The summed E-state index contributed by atoms with van der Waals surface area (Å²) in [7, 11) is 0. The Morgan fingerprint density at radius 1 is 0.371 bits per heavy atom. The predicted molar refractivity (Wildman–Crippen MR) is 262 cm³/mol. The van der Waals surface area contributed by atoms with Gasteiger partial charge < -0.3 is 9.98 Å². The molecule has 4 nitrogen and oxygen atoms in total. The Labute approximate surface area is 360 Å². The Bertz CT molecular complexity index is 3500. The van der Waals surface area contributed by atoms with Gasteiger partial charge in [-0.05, 0) is 105 Å². The average molecular weight is 793 g/mol. The molecule has 0 fully saturated rings. The van der Waals surface area contributed by atoms with E-state index in [4.69, 9.17) is 10.4 Å². The van der Waals surface area contributed by atoms with Gasteiger partial charge in [0.1, 0.15) is 0 Å². The second-order valence-electron chi connectivity index (χ2n) is 15.6. The van der Waals surface area contributed by atoms with E-state index < -0.39 is 0 Å². The molecular formula is C58H40N4. The molecule has 0 saturated heterocycles. The molecule has 1 N–H and O–H groups in total. The van der Waals surface area contributed by atoms with E-state index in [1.165, 1.54) is 49.6 Å². The third-order valence-electron chi connectivity index (χ3n) is 12.0. The van der Waals surface area contributed by atoms with Crippen LogP contribution in [0.1, 0.15) is 5.56 Å². The second-order valence-corrected chi connectivity index (χ2v) is 15.6. The molecule has 0 aliphatic carbocycles. The molecule has 11 rings (SSSR count).